The zero-order valence-corrected chi connectivity index (χ0v) is 9.91. The Balaban J connectivity index is 2.65. The molecule has 0 aliphatic carbocycles. The van der Waals surface area contributed by atoms with E-state index in [1.165, 1.54) is 6.07 Å². The minimum absolute atomic E-state index is 0.0354. The lowest BCUT2D eigenvalue weighted by Gasteiger charge is -2.25. The van der Waals surface area contributed by atoms with Crippen molar-refractivity contribution in [2.24, 2.45) is 5.73 Å². The lowest BCUT2D eigenvalue weighted by molar-refractivity contribution is 0.0227. The van der Waals surface area contributed by atoms with Crippen molar-refractivity contribution in [1.82, 2.24) is 0 Å². The molecule has 0 aliphatic rings. The van der Waals surface area contributed by atoms with Gasteiger partial charge in [0, 0.05) is 19.0 Å². The second-order valence-electron chi connectivity index (χ2n) is 4.41. The molecule has 0 saturated carbocycles. The quantitative estimate of drug-likeness (QED) is 0.832. The van der Waals surface area contributed by atoms with E-state index >= 15 is 0 Å². The fourth-order valence-electron chi connectivity index (χ4n) is 1.53. The highest BCUT2D eigenvalue weighted by molar-refractivity contribution is 5.24. The van der Waals surface area contributed by atoms with Crippen LogP contribution >= 0.6 is 0 Å². The van der Waals surface area contributed by atoms with Gasteiger partial charge in [0.2, 0.25) is 0 Å². The van der Waals surface area contributed by atoms with Crippen molar-refractivity contribution in [2.45, 2.75) is 32.0 Å². The standard InChI is InChI=1S/C12H17F2NO2/c1-8(6-12(2,16)7-15)17-11-4-3-9(13)5-10(11)14/h3-5,8,16H,6-7,15H2,1-2H3. The first-order valence-electron chi connectivity index (χ1n) is 5.38. The van der Waals surface area contributed by atoms with Crippen molar-refractivity contribution < 1.29 is 18.6 Å². The molecule has 0 heterocycles. The molecule has 0 aliphatic heterocycles. The monoisotopic (exact) mass is 245 g/mol. The summed E-state index contributed by atoms with van der Waals surface area (Å²) < 4.78 is 31.2. The van der Waals surface area contributed by atoms with E-state index in [9.17, 15) is 13.9 Å². The van der Waals surface area contributed by atoms with Crippen molar-refractivity contribution >= 4 is 0 Å². The summed E-state index contributed by atoms with van der Waals surface area (Å²) in [7, 11) is 0. The number of ether oxygens (including phenoxy) is 1. The number of aliphatic hydroxyl groups is 1. The summed E-state index contributed by atoms with van der Waals surface area (Å²) in [6, 6.07) is 3.09. The van der Waals surface area contributed by atoms with Gasteiger partial charge < -0.3 is 15.6 Å². The van der Waals surface area contributed by atoms with Gasteiger partial charge in [-0.05, 0) is 26.0 Å². The summed E-state index contributed by atoms with van der Waals surface area (Å²) in [6.07, 6.45) is -0.158. The number of benzene rings is 1. The number of hydrogen-bond donors (Lipinski definition) is 2. The Morgan fingerprint density at radius 1 is 1.47 bits per heavy atom. The molecule has 0 aromatic heterocycles. The highest BCUT2D eigenvalue weighted by Gasteiger charge is 2.23. The normalized spacial score (nSPS) is 16.4. The average Bonchev–Trinajstić information content (AvgIpc) is 2.21. The van der Waals surface area contributed by atoms with Crippen molar-refractivity contribution in [1.29, 1.82) is 0 Å². The Morgan fingerprint density at radius 2 is 2.12 bits per heavy atom. The summed E-state index contributed by atoms with van der Waals surface area (Å²) in [6.45, 7) is 3.35. The van der Waals surface area contributed by atoms with Gasteiger partial charge in [-0.15, -0.1) is 0 Å². The first kappa shape index (κ1) is 13.9. The number of hydrogen-bond acceptors (Lipinski definition) is 3. The fourth-order valence-corrected chi connectivity index (χ4v) is 1.53. The second-order valence-corrected chi connectivity index (χ2v) is 4.41. The summed E-state index contributed by atoms with van der Waals surface area (Å²) in [5, 5.41) is 9.73. The van der Waals surface area contributed by atoms with Gasteiger partial charge in [0.05, 0.1) is 11.7 Å². The molecule has 0 bridgehead atoms. The third-order valence-electron chi connectivity index (χ3n) is 2.39. The Bertz CT molecular complexity index is 383. The van der Waals surface area contributed by atoms with Gasteiger partial charge >= 0.3 is 0 Å². The average molecular weight is 245 g/mol. The predicted octanol–water partition coefficient (Wildman–Crippen LogP) is 1.83. The zero-order chi connectivity index (χ0) is 13.1. The van der Waals surface area contributed by atoms with Crippen LogP contribution in [-0.4, -0.2) is 23.4 Å². The lowest BCUT2D eigenvalue weighted by atomic mass is 9.99. The summed E-state index contributed by atoms with van der Waals surface area (Å²) in [5.74, 6) is -1.45. The molecule has 3 N–H and O–H groups in total. The Hall–Kier alpha value is -1.20. The molecule has 0 amide bonds. The zero-order valence-electron chi connectivity index (χ0n) is 9.91. The lowest BCUT2D eigenvalue weighted by Crippen LogP contribution is -2.38. The van der Waals surface area contributed by atoms with Crippen molar-refractivity contribution in [3.05, 3.63) is 29.8 Å². The SMILES string of the molecule is CC(CC(C)(O)CN)Oc1ccc(F)cc1F. The third-order valence-corrected chi connectivity index (χ3v) is 2.39. The number of rotatable bonds is 5. The van der Waals surface area contributed by atoms with Crippen LogP contribution in [-0.2, 0) is 0 Å². The van der Waals surface area contributed by atoms with E-state index in [2.05, 4.69) is 0 Å². The molecule has 2 atom stereocenters. The van der Waals surface area contributed by atoms with Crippen molar-refractivity contribution in [2.75, 3.05) is 6.54 Å². The van der Waals surface area contributed by atoms with Gasteiger partial charge in [0.15, 0.2) is 11.6 Å². The van der Waals surface area contributed by atoms with Gasteiger partial charge in [0.1, 0.15) is 5.82 Å². The molecular weight excluding hydrogens is 228 g/mol. The minimum atomic E-state index is -1.06. The van der Waals surface area contributed by atoms with Gasteiger partial charge in [-0.25, -0.2) is 8.78 Å². The largest absolute Gasteiger partial charge is 0.488 e. The van der Waals surface area contributed by atoms with Crippen LogP contribution < -0.4 is 10.5 Å². The highest BCUT2D eigenvalue weighted by atomic mass is 19.1. The number of halogens is 2. The maximum absolute atomic E-state index is 13.3. The molecule has 1 aromatic carbocycles. The summed E-state index contributed by atoms with van der Waals surface area (Å²) in [4.78, 5) is 0. The van der Waals surface area contributed by atoms with Crippen LogP contribution in [0.4, 0.5) is 8.78 Å². The van der Waals surface area contributed by atoms with E-state index in [1.54, 1.807) is 13.8 Å². The van der Waals surface area contributed by atoms with Gasteiger partial charge in [-0.1, -0.05) is 0 Å². The van der Waals surface area contributed by atoms with Gasteiger partial charge in [-0.3, -0.25) is 0 Å². The summed E-state index contributed by atoms with van der Waals surface area (Å²) >= 11 is 0. The molecule has 3 nitrogen and oxygen atoms in total. The smallest absolute Gasteiger partial charge is 0.167 e. The molecule has 17 heavy (non-hydrogen) atoms. The van der Waals surface area contributed by atoms with E-state index < -0.39 is 23.3 Å². The molecule has 0 radical (unpaired) electrons. The highest BCUT2D eigenvalue weighted by Crippen LogP contribution is 2.21. The Kier molecular flexibility index (Phi) is 4.42. The van der Waals surface area contributed by atoms with E-state index in [0.29, 0.717) is 0 Å². The molecule has 96 valence electrons. The molecule has 1 aromatic rings. The Labute approximate surface area is 99.2 Å². The molecule has 5 heteroatoms. The Morgan fingerprint density at radius 3 is 2.65 bits per heavy atom. The third kappa shape index (κ3) is 4.28. The van der Waals surface area contributed by atoms with Crippen molar-refractivity contribution in [3.63, 3.8) is 0 Å². The van der Waals surface area contributed by atoms with Crippen LogP contribution in [0.15, 0.2) is 18.2 Å². The van der Waals surface area contributed by atoms with Gasteiger partial charge in [0.25, 0.3) is 0 Å². The first-order chi connectivity index (χ1) is 7.84. The minimum Gasteiger partial charge on any atom is -0.488 e. The molecular formula is C12H17F2NO2. The van der Waals surface area contributed by atoms with E-state index in [0.717, 1.165) is 12.1 Å². The topological polar surface area (TPSA) is 55.5 Å². The molecule has 1 rings (SSSR count). The first-order valence-corrected chi connectivity index (χ1v) is 5.38. The number of nitrogens with two attached hydrogens (primary N) is 1. The predicted molar refractivity (Wildman–Crippen MR) is 60.7 cm³/mol. The fraction of sp³-hybridized carbons (Fsp3) is 0.500. The summed E-state index contributed by atoms with van der Waals surface area (Å²) in [5.41, 5.74) is 4.31. The van der Waals surface area contributed by atoms with Crippen LogP contribution in [0.25, 0.3) is 0 Å². The van der Waals surface area contributed by atoms with E-state index in [-0.39, 0.29) is 18.7 Å². The maximum Gasteiger partial charge on any atom is 0.167 e. The molecule has 0 fully saturated rings. The second kappa shape index (κ2) is 5.42. The van der Waals surface area contributed by atoms with Crippen LogP contribution in [0.2, 0.25) is 0 Å². The van der Waals surface area contributed by atoms with Gasteiger partial charge in [-0.2, -0.15) is 0 Å². The van der Waals surface area contributed by atoms with Crippen LogP contribution in [0.5, 0.6) is 5.75 Å². The van der Waals surface area contributed by atoms with Crippen molar-refractivity contribution in [3.8, 4) is 5.75 Å². The van der Waals surface area contributed by atoms with Crippen LogP contribution in [0, 0.1) is 11.6 Å². The van der Waals surface area contributed by atoms with Crippen LogP contribution in [0.1, 0.15) is 20.3 Å². The molecule has 0 saturated heterocycles. The molecule has 0 spiro atoms. The molecule has 2 unspecified atom stereocenters. The van der Waals surface area contributed by atoms with Crippen LogP contribution in [0.3, 0.4) is 0 Å². The van der Waals surface area contributed by atoms with E-state index in [4.69, 9.17) is 10.5 Å². The van der Waals surface area contributed by atoms with E-state index in [1.807, 2.05) is 0 Å². The maximum atomic E-state index is 13.3.